The summed E-state index contributed by atoms with van der Waals surface area (Å²) in [4.78, 5) is 17.9. The van der Waals surface area contributed by atoms with Crippen molar-refractivity contribution in [3.63, 3.8) is 0 Å². The van der Waals surface area contributed by atoms with E-state index in [9.17, 15) is 4.39 Å². The van der Waals surface area contributed by atoms with Gasteiger partial charge in [-0.2, -0.15) is 9.97 Å². The minimum atomic E-state index is -0.283. The molecule has 0 saturated heterocycles. The van der Waals surface area contributed by atoms with Crippen molar-refractivity contribution in [2.24, 2.45) is 0 Å². The van der Waals surface area contributed by atoms with Gasteiger partial charge >= 0.3 is 0 Å². The van der Waals surface area contributed by atoms with Crippen LogP contribution in [0, 0.1) is 5.82 Å². The topological polar surface area (TPSA) is 69.7 Å². The molecule has 0 amide bonds. The van der Waals surface area contributed by atoms with Gasteiger partial charge in [0.25, 0.3) is 0 Å². The number of H-pyrrole nitrogens is 1. The maximum absolute atomic E-state index is 13.5. The van der Waals surface area contributed by atoms with Crippen molar-refractivity contribution in [3.05, 3.63) is 36.4 Å². The fourth-order valence-corrected chi connectivity index (χ4v) is 2.22. The first-order valence-corrected chi connectivity index (χ1v) is 6.65. The minimum absolute atomic E-state index is 0.283. The van der Waals surface area contributed by atoms with Crippen LogP contribution in [0.5, 0.6) is 0 Å². The molecule has 0 radical (unpaired) electrons. The molecule has 0 aliphatic heterocycles. The Morgan fingerprint density at radius 1 is 1.33 bits per heavy atom. The number of rotatable bonds is 4. The Morgan fingerprint density at radius 2 is 2.19 bits per heavy atom. The second-order valence-corrected chi connectivity index (χ2v) is 4.45. The molecule has 21 heavy (non-hydrogen) atoms. The van der Waals surface area contributed by atoms with E-state index in [0.29, 0.717) is 24.0 Å². The highest BCUT2D eigenvalue weighted by Crippen LogP contribution is 2.29. The Morgan fingerprint density at radius 3 is 2.90 bits per heavy atom. The largest absolute Gasteiger partial charge is 0.357 e. The predicted molar refractivity (Wildman–Crippen MR) is 80.3 cm³/mol. The van der Waals surface area contributed by atoms with E-state index in [1.54, 1.807) is 19.4 Å². The van der Waals surface area contributed by atoms with Crippen molar-refractivity contribution >= 4 is 28.6 Å². The zero-order chi connectivity index (χ0) is 14.8. The molecule has 2 heterocycles. The van der Waals surface area contributed by atoms with Crippen LogP contribution < -0.4 is 10.2 Å². The molecule has 2 N–H and O–H groups in total. The van der Waals surface area contributed by atoms with Crippen LogP contribution in [0.3, 0.4) is 0 Å². The van der Waals surface area contributed by atoms with Crippen LogP contribution in [0.25, 0.3) is 11.2 Å². The van der Waals surface area contributed by atoms with Gasteiger partial charge in [-0.1, -0.05) is 6.07 Å². The molecule has 6 nitrogen and oxygen atoms in total. The molecule has 0 unspecified atom stereocenters. The van der Waals surface area contributed by atoms with Gasteiger partial charge in [0.1, 0.15) is 11.3 Å². The monoisotopic (exact) mass is 286 g/mol. The van der Waals surface area contributed by atoms with Gasteiger partial charge in [0.2, 0.25) is 5.95 Å². The Labute approximate surface area is 121 Å². The lowest BCUT2D eigenvalue weighted by molar-refractivity contribution is 0.627. The van der Waals surface area contributed by atoms with Gasteiger partial charge in [0.05, 0.1) is 6.33 Å². The number of aromatic nitrogens is 4. The first-order chi connectivity index (χ1) is 10.2. The van der Waals surface area contributed by atoms with Gasteiger partial charge in [-0.25, -0.2) is 9.37 Å². The van der Waals surface area contributed by atoms with E-state index >= 15 is 0 Å². The van der Waals surface area contributed by atoms with E-state index < -0.39 is 0 Å². The molecule has 3 rings (SSSR count). The fourth-order valence-electron chi connectivity index (χ4n) is 2.22. The third-order valence-electron chi connectivity index (χ3n) is 3.18. The van der Waals surface area contributed by atoms with Crippen LogP contribution in [0.1, 0.15) is 6.92 Å². The summed E-state index contributed by atoms with van der Waals surface area (Å²) in [6.45, 7) is 2.62. The number of halogens is 1. The molecule has 0 aliphatic carbocycles. The molecule has 2 aromatic heterocycles. The van der Waals surface area contributed by atoms with Gasteiger partial charge in [-0.15, -0.1) is 0 Å². The summed E-state index contributed by atoms with van der Waals surface area (Å²) in [5.74, 6) is 0.851. The van der Waals surface area contributed by atoms with Crippen molar-refractivity contribution in [1.82, 2.24) is 19.9 Å². The molecule has 0 spiro atoms. The van der Waals surface area contributed by atoms with Gasteiger partial charge in [-0.05, 0) is 25.1 Å². The van der Waals surface area contributed by atoms with Gasteiger partial charge < -0.3 is 15.2 Å². The van der Waals surface area contributed by atoms with Crippen LogP contribution in [0.15, 0.2) is 30.6 Å². The van der Waals surface area contributed by atoms with Crippen LogP contribution in [-0.2, 0) is 0 Å². The van der Waals surface area contributed by atoms with E-state index in [-0.39, 0.29) is 5.82 Å². The fraction of sp³-hybridized carbons (Fsp3) is 0.214. The van der Waals surface area contributed by atoms with E-state index in [2.05, 4.69) is 25.3 Å². The van der Waals surface area contributed by atoms with Crippen LogP contribution >= 0.6 is 0 Å². The molecule has 0 fully saturated rings. The number of imidazole rings is 1. The third-order valence-corrected chi connectivity index (χ3v) is 3.18. The summed E-state index contributed by atoms with van der Waals surface area (Å²) in [7, 11) is 1.75. The Hall–Kier alpha value is -2.70. The SMILES string of the molecule is CCN(c1cccc(F)c1)c1nc(NC)nc2nc[nH]c12. The lowest BCUT2D eigenvalue weighted by Gasteiger charge is -2.22. The van der Waals surface area contributed by atoms with E-state index in [1.165, 1.54) is 12.1 Å². The molecule has 108 valence electrons. The summed E-state index contributed by atoms with van der Waals surface area (Å²) in [6, 6.07) is 6.42. The predicted octanol–water partition coefficient (Wildman–Crippen LogP) is 2.69. The van der Waals surface area contributed by atoms with E-state index in [1.807, 2.05) is 17.9 Å². The highest BCUT2D eigenvalue weighted by molar-refractivity contribution is 5.87. The molecule has 0 saturated carbocycles. The molecule has 0 bridgehead atoms. The van der Waals surface area contributed by atoms with Crippen molar-refractivity contribution in [2.45, 2.75) is 6.92 Å². The zero-order valence-electron chi connectivity index (χ0n) is 11.8. The molecular formula is C14H15FN6. The lowest BCUT2D eigenvalue weighted by atomic mass is 10.2. The molecule has 1 aromatic carbocycles. The second-order valence-electron chi connectivity index (χ2n) is 4.45. The van der Waals surface area contributed by atoms with Gasteiger partial charge in [-0.3, -0.25) is 0 Å². The smallest absolute Gasteiger partial charge is 0.226 e. The van der Waals surface area contributed by atoms with E-state index in [4.69, 9.17) is 0 Å². The summed E-state index contributed by atoms with van der Waals surface area (Å²) < 4.78 is 13.5. The van der Waals surface area contributed by atoms with Crippen molar-refractivity contribution in [3.8, 4) is 0 Å². The molecule has 7 heteroatoms. The quantitative estimate of drug-likeness (QED) is 0.771. The Balaban J connectivity index is 2.18. The number of aromatic amines is 1. The highest BCUT2D eigenvalue weighted by atomic mass is 19.1. The van der Waals surface area contributed by atoms with Crippen LogP contribution in [0.4, 0.5) is 21.8 Å². The van der Waals surface area contributed by atoms with Crippen molar-refractivity contribution in [1.29, 1.82) is 0 Å². The Bertz CT molecular complexity index is 769. The third kappa shape index (κ3) is 2.37. The van der Waals surface area contributed by atoms with Crippen molar-refractivity contribution in [2.75, 3.05) is 23.8 Å². The normalized spacial score (nSPS) is 10.8. The molecule has 0 atom stereocenters. The zero-order valence-corrected chi connectivity index (χ0v) is 11.8. The van der Waals surface area contributed by atoms with Crippen molar-refractivity contribution < 1.29 is 4.39 Å². The molecular weight excluding hydrogens is 271 g/mol. The molecule has 0 aliphatic rings. The van der Waals surface area contributed by atoms with Crippen LogP contribution in [-0.4, -0.2) is 33.5 Å². The number of benzene rings is 1. The number of fused-ring (bicyclic) bond motifs is 1. The summed E-state index contributed by atoms with van der Waals surface area (Å²) in [5.41, 5.74) is 2.02. The summed E-state index contributed by atoms with van der Waals surface area (Å²) >= 11 is 0. The number of anilines is 3. The average Bonchev–Trinajstić information content (AvgIpc) is 2.96. The minimum Gasteiger partial charge on any atom is -0.357 e. The van der Waals surface area contributed by atoms with Gasteiger partial charge in [0.15, 0.2) is 11.5 Å². The first-order valence-electron chi connectivity index (χ1n) is 6.65. The number of hydrogen-bond donors (Lipinski definition) is 2. The van der Waals surface area contributed by atoms with E-state index in [0.717, 1.165) is 11.2 Å². The molecule has 3 aromatic rings. The van der Waals surface area contributed by atoms with Crippen LogP contribution in [0.2, 0.25) is 0 Å². The standard InChI is InChI=1S/C14H15FN6/c1-3-21(10-6-4-5-9(15)7-10)13-11-12(18-8-17-11)19-14(16-2)20-13/h4-8H,3H2,1-2H3,(H2,16,17,18,19,20). The summed E-state index contributed by atoms with van der Waals surface area (Å²) in [6.07, 6.45) is 1.57. The second kappa shape index (κ2) is 5.35. The Kier molecular flexibility index (Phi) is 3.39. The first kappa shape index (κ1) is 13.3. The maximum atomic E-state index is 13.5. The maximum Gasteiger partial charge on any atom is 0.226 e. The van der Waals surface area contributed by atoms with Gasteiger partial charge in [0, 0.05) is 19.3 Å². The number of hydrogen-bond acceptors (Lipinski definition) is 5. The average molecular weight is 286 g/mol. The summed E-state index contributed by atoms with van der Waals surface area (Å²) in [5, 5.41) is 2.91. The highest BCUT2D eigenvalue weighted by Gasteiger charge is 2.16. The number of nitrogens with one attached hydrogen (secondary N) is 2. The number of nitrogens with zero attached hydrogens (tertiary/aromatic N) is 4. The lowest BCUT2D eigenvalue weighted by Crippen LogP contribution is -2.19.